The van der Waals surface area contributed by atoms with Crippen LogP contribution in [0.15, 0.2) is 60.7 Å². The van der Waals surface area contributed by atoms with Gasteiger partial charge in [0.15, 0.2) is 6.23 Å². The van der Waals surface area contributed by atoms with Crippen molar-refractivity contribution >= 4 is 34.7 Å². The molecule has 0 bridgehead atoms. The highest BCUT2D eigenvalue weighted by atomic mass is 127. The Morgan fingerprint density at radius 1 is 1.04 bits per heavy atom. The fourth-order valence-corrected chi connectivity index (χ4v) is 3.27. The molecule has 0 N–H and O–H groups in total. The van der Waals surface area contributed by atoms with Crippen LogP contribution < -0.4 is 0 Å². The van der Waals surface area contributed by atoms with Crippen LogP contribution in [0.4, 0.5) is 4.79 Å². The molecule has 0 radical (unpaired) electrons. The lowest BCUT2D eigenvalue weighted by Crippen LogP contribution is -2.46. The molecule has 5 nitrogen and oxygen atoms in total. The van der Waals surface area contributed by atoms with Crippen LogP contribution in [0.3, 0.4) is 0 Å². The zero-order chi connectivity index (χ0) is 18.4. The van der Waals surface area contributed by atoms with Crippen molar-refractivity contribution in [1.29, 1.82) is 0 Å². The SMILES string of the molecule is O=C1O[C@H](N(Cc2ccccc2)C(=O)OCc2ccccc2)CCC1I. The van der Waals surface area contributed by atoms with Crippen molar-refractivity contribution in [3.05, 3.63) is 71.8 Å². The van der Waals surface area contributed by atoms with Gasteiger partial charge >= 0.3 is 12.1 Å². The van der Waals surface area contributed by atoms with E-state index >= 15 is 0 Å². The molecule has 0 saturated carbocycles. The first-order valence-corrected chi connectivity index (χ1v) is 9.74. The predicted octanol–water partition coefficient (Wildman–Crippen LogP) is 4.29. The van der Waals surface area contributed by atoms with Crippen LogP contribution in [0.5, 0.6) is 0 Å². The Balaban J connectivity index is 1.71. The van der Waals surface area contributed by atoms with Gasteiger partial charge in [0.1, 0.15) is 10.5 Å². The third kappa shape index (κ3) is 4.97. The Morgan fingerprint density at radius 3 is 2.27 bits per heavy atom. The van der Waals surface area contributed by atoms with Gasteiger partial charge in [-0.15, -0.1) is 0 Å². The molecule has 2 atom stereocenters. The zero-order valence-electron chi connectivity index (χ0n) is 14.2. The van der Waals surface area contributed by atoms with Gasteiger partial charge < -0.3 is 9.47 Å². The number of halogens is 1. The Labute approximate surface area is 166 Å². The lowest BCUT2D eigenvalue weighted by molar-refractivity contribution is -0.163. The summed E-state index contributed by atoms with van der Waals surface area (Å²) in [5.74, 6) is -0.282. The van der Waals surface area contributed by atoms with Crippen LogP contribution in [0.2, 0.25) is 0 Å². The summed E-state index contributed by atoms with van der Waals surface area (Å²) >= 11 is 2.07. The van der Waals surface area contributed by atoms with Gasteiger partial charge in [-0.3, -0.25) is 9.69 Å². The molecule has 1 fully saturated rings. The first-order valence-electron chi connectivity index (χ1n) is 8.49. The molecule has 0 aromatic heterocycles. The number of ether oxygens (including phenoxy) is 2. The number of cyclic esters (lactones) is 1. The van der Waals surface area contributed by atoms with Crippen LogP contribution in [-0.2, 0) is 27.4 Å². The molecule has 3 rings (SSSR count). The average molecular weight is 465 g/mol. The van der Waals surface area contributed by atoms with Crippen LogP contribution in [0, 0.1) is 0 Å². The number of hydrogen-bond donors (Lipinski definition) is 0. The van der Waals surface area contributed by atoms with Gasteiger partial charge in [0.05, 0.1) is 6.54 Å². The number of benzene rings is 2. The molecule has 1 saturated heterocycles. The molecule has 2 aromatic rings. The van der Waals surface area contributed by atoms with E-state index < -0.39 is 12.3 Å². The first-order chi connectivity index (χ1) is 12.6. The molecule has 1 heterocycles. The van der Waals surface area contributed by atoms with E-state index in [0.717, 1.165) is 11.1 Å². The Bertz CT molecular complexity index is 738. The van der Waals surface area contributed by atoms with Gasteiger partial charge in [-0.25, -0.2) is 4.79 Å². The second kappa shape index (κ2) is 9.02. The van der Waals surface area contributed by atoms with Gasteiger partial charge in [-0.1, -0.05) is 83.3 Å². The summed E-state index contributed by atoms with van der Waals surface area (Å²) in [4.78, 5) is 26.2. The monoisotopic (exact) mass is 465 g/mol. The largest absolute Gasteiger partial charge is 0.444 e. The van der Waals surface area contributed by atoms with E-state index in [1.54, 1.807) is 0 Å². The number of rotatable bonds is 5. The average Bonchev–Trinajstić information content (AvgIpc) is 2.68. The summed E-state index contributed by atoms with van der Waals surface area (Å²) in [6.07, 6.45) is 0.202. The first kappa shape index (κ1) is 18.7. The van der Waals surface area contributed by atoms with Crippen molar-refractivity contribution in [2.75, 3.05) is 0 Å². The summed E-state index contributed by atoms with van der Waals surface area (Å²) in [5.41, 5.74) is 1.87. The molecule has 6 heteroatoms. The lowest BCUT2D eigenvalue weighted by atomic mass is 10.1. The molecule has 1 aliphatic heterocycles. The van der Waals surface area contributed by atoms with Crippen LogP contribution >= 0.6 is 22.6 Å². The third-order valence-electron chi connectivity index (χ3n) is 4.16. The van der Waals surface area contributed by atoms with E-state index in [2.05, 4.69) is 22.6 Å². The van der Waals surface area contributed by atoms with E-state index in [-0.39, 0.29) is 16.5 Å². The van der Waals surface area contributed by atoms with Gasteiger partial charge in [-0.05, 0) is 17.5 Å². The van der Waals surface area contributed by atoms with E-state index in [9.17, 15) is 9.59 Å². The highest BCUT2D eigenvalue weighted by Crippen LogP contribution is 2.25. The molecule has 1 unspecified atom stereocenters. The second-order valence-electron chi connectivity index (χ2n) is 6.09. The molecule has 1 amide bonds. The normalized spacial score (nSPS) is 19.5. The van der Waals surface area contributed by atoms with Crippen molar-refractivity contribution < 1.29 is 19.1 Å². The van der Waals surface area contributed by atoms with Gasteiger partial charge in [0.2, 0.25) is 0 Å². The van der Waals surface area contributed by atoms with Crippen LogP contribution in [0.25, 0.3) is 0 Å². The number of carbonyl (C=O) groups excluding carboxylic acids is 2. The second-order valence-corrected chi connectivity index (χ2v) is 7.59. The van der Waals surface area contributed by atoms with Crippen molar-refractivity contribution in [1.82, 2.24) is 4.90 Å². The highest BCUT2D eigenvalue weighted by Gasteiger charge is 2.35. The molecule has 1 aliphatic rings. The minimum Gasteiger partial charge on any atom is -0.444 e. The molecular formula is C20H20INO4. The molecular weight excluding hydrogens is 445 g/mol. The lowest BCUT2D eigenvalue weighted by Gasteiger charge is -2.34. The van der Waals surface area contributed by atoms with E-state index in [1.807, 2.05) is 60.7 Å². The van der Waals surface area contributed by atoms with E-state index in [4.69, 9.17) is 9.47 Å². The number of hydrogen-bond acceptors (Lipinski definition) is 4. The topological polar surface area (TPSA) is 55.8 Å². The minimum absolute atomic E-state index is 0.164. The zero-order valence-corrected chi connectivity index (χ0v) is 16.4. The Morgan fingerprint density at radius 2 is 1.65 bits per heavy atom. The standard InChI is InChI=1S/C20H20INO4/c21-17-11-12-18(26-19(17)23)22(13-15-7-3-1-4-8-15)20(24)25-14-16-9-5-2-6-10-16/h1-10,17-18H,11-14H2/t17?,18-/m0/s1. The maximum absolute atomic E-state index is 12.7. The maximum atomic E-state index is 12.7. The fourth-order valence-electron chi connectivity index (χ4n) is 2.76. The Kier molecular flexibility index (Phi) is 6.49. The predicted molar refractivity (Wildman–Crippen MR) is 106 cm³/mol. The summed E-state index contributed by atoms with van der Waals surface area (Å²) in [6, 6.07) is 19.1. The van der Waals surface area contributed by atoms with E-state index in [1.165, 1.54) is 4.90 Å². The van der Waals surface area contributed by atoms with Crippen LogP contribution in [-0.4, -0.2) is 27.1 Å². The molecule has 136 valence electrons. The quantitative estimate of drug-likeness (QED) is 0.376. The summed E-state index contributed by atoms with van der Waals surface area (Å²) < 4.78 is 10.8. The van der Waals surface area contributed by atoms with Crippen molar-refractivity contribution in [3.8, 4) is 0 Å². The van der Waals surface area contributed by atoms with Crippen LogP contribution in [0.1, 0.15) is 24.0 Å². The molecule has 0 spiro atoms. The highest BCUT2D eigenvalue weighted by molar-refractivity contribution is 14.1. The smallest absolute Gasteiger partial charge is 0.413 e. The van der Waals surface area contributed by atoms with Gasteiger partial charge in [0.25, 0.3) is 0 Å². The minimum atomic E-state index is -0.600. The molecule has 0 aliphatic carbocycles. The summed E-state index contributed by atoms with van der Waals surface area (Å²) in [5, 5.41) is 0. The van der Waals surface area contributed by atoms with Crippen molar-refractivity contribution in [2.45, 2.75) is 36.1 Å². The third-order valence-corrected chi connectivity index (χ3v) is 5.29. The number of alkyl halides is 1. The van der Waals surface area contributed by atoms with Gasteiger partial charge in [-0.2, -0.15) is 0 Å². The van der Waals surface area contributed by atoms with Gasteiger partial charge in [0, 0.05) is 6.42 Å². The van der Waals surface area contributed by atoms with Crippen molar-refractivity contribution in [3.63, 3.8) is 0 Å². The Hall–Kier alpha value is -2.09. The molecule has 26 heavy (non-hydrogen) atoms. The number of esters is 1. The maximum Gasteiger partial charge on any atom is 0.413 e. The van der Waals surface area contributed by atoms with Crippen molar-refractivity contribution in [2.24, 2.45) is 0 Å². The summed E-state index contributed by atoms with van der Waals surface area (Å²) in [6.45, 7) is 0.513. The van der Waals surface area contributed by atoms with E-state index in [0.29, 0.717) is 19.4 Å². The number of carbonyl (C=O) groups is 2. The fraction of sp³-hybridized carbons (Fsp3) is 0.300. The number of nitrogens with zero attached hydrogens (tertiary/aromatic N) is 1. The number of amides is 1. The molecule has 2 aromatic carbocycles. The summed E-state index contributed by atoms with van der Waals surface area (Å²) in [7, 11) is 0.